The van der Waals surface area contributed by atoms with Gasteiger partial charge in [0.1, 0.15) is 11.8 Å². The fourth-order valence-corrected chi connectivity index (χ4v) is 3.83. The largest absolute Gasteiger partial charge is 0.497 e. The van der Waals surface area contributed by atoms with Crippen LogP contribution in [0.5, 0.6) is 5.75 Å². The molecule has 1 heterocycles. The van der Waals surface area contributed by atoms with Crippen LogP contribution in [0.4, 0.5) is 0 Å². The lowest BCUT2D eigenvalue weighted by atomic mass is 10.0. The Bertz CT molecular complexity index is 832. The zero-order valence-corrected chi connectivity index (χ0v) is 18.4. The molecule has 6 heteroatoms. The lowest BCUT2D eigenvalue weighted by Crippen LogP contribution is -2.45. The monoisotopic (exact) mass is 424 g/mol. The molecule has 0 bridgehead atoms. The number of nitrogens with zero attached hydrogens (tertiary/aromatic N) is 1. The molecule has 0 spiro atoms. The number of ether oxygens (including phenoxy) is 2. The molecular formula is C25H32N2O4. The van der Waals surface area contributed by atoms with Crippen molar-refractivity contribution in [2.75, 3.05) is 20.3 Å². The lowest BCUT2D eigenvalue weighted by molar-refractivity contribution is -0.141. The third kappa shape index (κ3) is 6.31. The number of hydrogen-bond donors (Lipinski definition) is 1. The van der Waals surface area contributed by atoms with E-state index < -0.39 is 6.04 Å². The zero-order valence-electron chi connectivity index (χ0n) is 18.4. The topological polar surface area (TPSA) is 67.9 Å². The molecule has 2 aromatic carbocycles. The molecule has 2 atom stereocenters. The smallest absolute Gasteiger partial charge is 0.247 e. The molecule has 166 valence electrons. The number of methoxy groups -OCH3 is 1. The van der Waals surface area contributed by atoms with Gasteiger partial charge in [0, 0.05) is 26.1 Å². The number of benzene rings is 2. The maximum atomic E-state index is 13.4. The maximum absolute atomic E-state index is 13.4. The molecule has 31 heavy (non-hydrogen) atoms. The first kappa shape index (κ1) is 22.8. The van der Waals surface area contributed by atoms with Gasteiger partial charge in [-0.3, -0.25) is 9.59 Å². The Morgan fingerprint density at radius 1 is 1.16 bits per heavy atom. The van der Waals surface area contributed by atoms with Crippen LogP contribution >= 0.6 is 0 Å². The van der Waals surface area contributed by atoms with Gasteiger partial charge in [-0.1, -0.05) is 49.4 Å². The fraction of sp³-hybridized carbons (Fsp3) is 0.440. The Labute approximate surface area is 184 Å². The van der Waals surface area contributed by atoms with Crippen molar-refractivity contribution in [3.05, 3.63) is 65.7 Å². The molecule has 0 saturated carbocycles. The molecule has 0 aliphatic carbocycles. The van der Waals surface area contributed by atoms with Gasteiger partial charge in [-0.25, -0.2) is 0 Å². The fourth-order valence-electron chi connectivity index (χ4n) is 3.83. The average molecular weight is 425 g/mol. The molecule has 0 aromatic heterocycles. The van der Waals surface area contributed by atoms with Crippen LogP contribution in [-0.2, 0) is 20.9 Å². The summed E-state index contributed by atoms with van der Waals surface area (Å²) in [7, 11) is 1.62. The normalized spacial score (nSPS) is 16.5. The Balaban J connectivity index is 1.87. The minimum atomic E-state index is -0.705. The first-order valence-corrected chi connectivity index (χ1v) is 11.0. The molecule has 2 aromatic rings. The van der Waals surface area contributed by atoms with Crippen LogP contribution < -0.4 is 10.1 Å². The van der Waals surface area contributed by atoms with E-state index in [1.54, 1.807) is 12.0 Å². The summed E-state index contributed by atoms with van der Waals surface area (Å²) in [5, 5.41) is 3.03. The van der Waals surface area contributed by atoms with Gasteiger partial charge in [0.15, 0.2) is 0 Å². The maximum Gasteiger partial charge on any atom is 0.247 e. The van der Waals surface area contributed by atoms with Crippen molar-refractivity contribution < 1.29 is 19.1 Å². The highest BCUT2D eigenvalue weighted by atomic mass is 16.5. The van der Waals surface area contributed by atoms with E-state index >= 15 is 0 Å². The van der Waals surface area contributed by atoms with Crippen molar-refractivity contribution in [2.24, 2.45) is 0 Å². The average Bonchev–Trinajstić information content (AvgIpc) is 3.32. The van der Waals surface area contributed by atoms with Gasteiger partial charge in [-0.05, 0) is 42.5 Å². The highest BCUT2D eigenvalue weighted by Crippen LogP contribution is 2.26. The van der Waals surface area contributed by atoms with E-state index in [0.717, 1.165) is 42.7 Å². The molecule has 1 aliphatic heterocycles. The summed E-state index contributed by atoms with van der Waals surface area (Å²) >= 11 is 0. The van der Waals surface area contributed by atoms with E-state index in [1.807, 2.05) is 61.5 Å². The van der Waals surface area contributed by atoms with E-state index in [2.05, 4.69) is 5.32 Å². The number of hydrogen-bond acceptors (Lipinski definition) is 4. The summed E-state index contributed by atoms with van der Waals surface area (Å²) in [4.78, 5) is 28.2. The third-order valence-electron chi connectivity index (χ3n) is 5.50. The second kappa shape index (κ2) is 11.5. The van der Waals surface area contributed by atoms with Crippen LogP contribution in [0, 0.1) is 0 Å². The molecule has 0 radical (unpaired) electrons. The number of amides is 2. The molecule has 2 amide bonds. The summed E-state index contributed by atoms with van der Waals surface area (Å²) in [6, 6.07) is 16.4. The van der Waals surface area contributed by atoms with Gasteiger partial charge in [0.2, 0.25) is 11.8 Å². The number of nitrogens with one attached hydrogen (secondary N) is 1. The number of rotatable bonds is 10. The summed E-state index contributed by atoms with van der Waals surface area (Å²) in [5.74, 6) is 0.531. The van der Waals surface area contributed by atoms with Crippen LogP contribution in [0.1, 0.15) is 49.8 Å². The van der Waals surface area contributed by atoms with Gasteiger partial charge >= 0.3 is 0 Å². The molecule has 1 fully saturated rings. The van der Waals surface area contributed by atoms with Gasteiger partial charge in [-0.2, -0.15) is 0 Å². The van der Waals surface area contributed by atoms with Crippen molar-refractivity contribution in [1.82, 2.24) is 10.2 Å². The Hall–Kier alpha value is -2.86. The minimum absolute atomic E-state index is 0.0422. The molecule has 3 rings (SSSR count). The first-order chi connectivity index (χ1) is 15.1. The van der Waals surface area contributed by atoms with Crippen LogP contribution in [0.3, 0.4) is 0 Å². The highest BCUT2D eigenvalue weighted by Gasteiger charge is 2.31. The lowest BCUT2D eigenvalue weighted by Gasteiger charge is -2.32. The standard InChI is InChI=1S/C25H32N2O4/c1-3-8-23(28)27(18-19-12-14-21(30-2)15-13-19)24(20-9-5-4-6-10-20)25(29)26-17-22-11-7-16-31-22/h4-6,9-10,12-15,22,24H,3,7-8,11,16-18H2,1-2H3,(H,26,29). The van der Waals surface area contributed by atoms with Gasteiger partial charge in [0.25, 0.3) is 0 Å². The van der Waals surface area contributed by atoms with Crippen molar-refractivity contribution in [1.29, 1.82) is 0 Å². The third-order valence-corrected chi connectivity index (χ3v) is 5.50. The minimum Gasteiger partial charge on any atom is -0.497 e. The van der Waals surface area contributed by atoms with Crippen LogP contribution in [-0.4, -0.2) is 43.1 Å². The molecule has 1 aliphatic rings. The molecular weight excluding hydrogens is 392 g/mol. The summed E-state index contributed by atoms with van der Waals surface area (Å²) in [6.07, 6.45) is 3.11. The first-order valence-electron chi connectivity index (χ1n) is 11.0. The van der Waals surface area contributed by atoms with Gasteiger partial charge in [-0.15, -0.1) is 0 Å². The van der Waals surface area contributed by atoms with Crippen molar-refractivity contribution in [3.63, 3.8) is 0 Å². The summed E-state index contributed by atoms with van der Waals surface area (Å²) in [5.41, 5.74) is 1.74. The highest BCUT2D eigenvalue weighted by molar-refractivity contribution is 5.88. The van der Waals surface area contributed by atoms with Crippen molar-refractivity contribution in [3.8, 4) is 5.75 Å². The predicted octanol–water partition coefficient (Wildman–Crippen LogP) is 3.86. The van der Waals surface area contributed by atoms with Crippen LogP contribution in [0.2, 0.25) is 0 Å². The van der Waals surface area contributed by atoms with Crippen molar-refractivity contribution in [2.45, 2.75) is 51.3 Å². The van der Waals surface area contributed by atoms with E-state index in [1.165, 1.54) is 0 Å². The number of carbonyl (C=O) groups is 2. The SMILES string of the molecule is CCCC(=O)N(Cc1ccc(OC)cc1)C(C(=O)NCC1CCCO1)c1ccccc1. The van der Waals surface area contributed by atoms with Gasteiger partial charge < -0.3 is 19.7 Å². The second-order valence-corrected chi connectivity index (χ2v) is 7.81. The van der Waals surface area contributed by atoms with Gasteiger partial charge in [0.05, 0.1) is 13.2 Å². The Morgan fingerprint density at radius 3 is 2.52 bits per heavy atom. The zero-order chi connectivity index (χ0) is 22.1. The van der Waals surface area contributed by atoms with E-state index in [-0.39, 0.29) is 17.9 Å². The summed E-state index contributed by atoms with van der Waals surface area (Å²) < 4.78 is 10.9. The Morgan fingerprint density at radius 2 is 1.90 bits per heavy atom. The van der Waals surface area contributed by atoms with Crippen molar-refractivity contribution >= 4 is 11.8 Å². The van der Waals surface area contributed by atoms with E-state index in [0.29, 0.717) is 19.5 Å². The molecule has 1 N–H and O–H groups in total. The second-order valence-electron chi connectivity index (χ2n) is 7.81. The molecule has 2 unspecified atom stereocenters. The van der Waals surface area contributed by atoms with Crippen LogP contribution in [0.15, 0.2) is 54.6 Å². The predicted molar refractivity (Wildman–Crippen MR) is 120 cm³/mol. The van der Waals surface area contributed by atoms with E-state index in [9.17, 15) is 9.59 Å². The number of carbonyl (C=O) groups excluding carboxylic acids is 2. The Kier molecular flexibility index (Phi) is 8.47. The quantitative estimate of drug-likeness (QED) is 0.629. The van der Waals surface area contributed by atoms with Crippen LogP contribution in [0.25, 0.3) is 0 Å². The molecule has 6 nitrogen and oxygen atoms in total. The molecule has 1 saturated heterocycles. The van der Waals surface area contributed by atoms with E-state index in [4.69, 9.17) is 9.47 Å². The summed E-state index contributed by atoms with van der Waals surface area (Å²) in [6.45, 7) is 3.51.